The zero-order valence-corrected chi connectivity index (χ0v) is 23.1. The summed E-state index contributed by atoms with van der Waals surface area (Å²) in [6, 6.07) is 7.67. The van der Waals surface area contributed by atoms with E-state index in [-0.39, 0.29) is 24.4 Å². The van der Waals surface area contributed by atoms with E-state index in [1.165, 1.54) is 0 Å². The van der Waals surface area contributed by atoms with Crippen LogP contribution in [0.1, 0.15) is 48.7 Å². The Hall–Kier alpha value is -4.18. The van der Waals surface area contributed by atoms with E-state index >= 15 is 0 Å². The summed E-state index contributed by atoms with van der Waals surface area (Å²) in [7, 11) is 0. The molecule has 214 valence electrons. The molecule has 5 rings (SSSR count). The lowest BCUT2D eigenvalue weighted by atomic mass is 10.0. The Kier molecular flexibility index (Phi) is 8.39. The van der Waals surface area contributed by atoms with Gasteiger partial charge in [0.1, 0.15) is 0 Å². The van der Waals surface area contributed by atoms with E-state index in [0.717, 1.165) is 42.6 Å². The molecule has 0 unspecified atom stereocenters. The molecule has 2 amide bonds. The fourth-order valence-electron chi connectivity index (χ4n) is 5.18. The molecule has 2 aliphatic rings. The van der Waals surface area contributed by atoms with Gasteiger partial charge in [-0.3, -0.25) is 24.6 Å². The van der Waals surface area contributed by atoms with Crippen LogP contribution in [0.4, 0.5) is 8.78 Å². The highest BCUT2D eigenvalue weighted by Crippen LogP contribution is 2.29. The summed E-state index contributed by atoms with van der Waals surface area (Å²) < 4.78 is 27.1. The van der Waals surface area contributed by atoms with E-state index in [0.29, 0.717) is 41.8 Å². The van der Waals surface area contributed by atoms with Gasteiger partial charge in [-0.05, 0) is 61.2 Å². The number of carbonyl (C=O) groups excluding carboxylic acids is 2. The van der Waals surface area contributed by atoms with Crippen molar-refractivity contribution in [3.8, 4) is 11.1 Å². The normalized spacial score (nSPS) is 17.8. The molecule has 0 saturated carbocycles. The number of nitrogens with zero attached hydrogens (tertiary/aromatic N) is 4. The number of hydrogen-bond donors (Lipinski definition) is 2. The lowest BCUT2D eigenvalue weighted by Gasteiger charge is -2.31. The number of carbonyl (C=O) groups is 2. The van der Waals surface area contributed by atoms with Crippen LogP contribution in [0, 0.1) is 0 Å². The van der Waals surface area contributed by atoms with E-state index in [4.69, 9.17) is 0 Å². The summed E-state index contributed by atoms with van der Waals surface area (Å²) in [5.41, 5.74) is 4.48. The summed E-state index contributed by atoms with van der Waals surface area (Å²) in [4.78, 5) is 33.9. The molecule has 2 aromatic heterocycles. The fraction of sp³-hybridized carbons (Fsp3) is 0.355. The van der Waals surface area contributed by atoms with Gasteiger partial charge >= 0.3 is 0 Å². The van der Waals surface area contributed by atoms with Crippen molar-refractivity contribution in [3.05, 3.63) is 84.0 Å². The number of likely N-dealkylation sites (tertiary alicyclic amines) is 2. The van der Waals surface area contributed by atoms with E-state index < -0.39 is 11.8 Å². The van der Waals surface area contributed by atoms with E-state index in [2.05, 4.69) is 27.1 Å². The van der Waals surface area contributed by atoms with Gasteiger partial charge in [-0.1, -0.05) is 18.7 Å². The van der Waals surface area contributed by atoms with E-state index in [1.54, 1.807) is 42.4 Å². The molecule has 8 nitrogen and oxygen atoms in total. The van der Waals surface area contributed by atoms with Crippen molar-refractivity contribution >= 4 is 22.7 Å². The average molecular weight is 561 g/mol. The first-order valence-electron chi connectivity index (χ1n) is 13.9. The highest BCUT2D eigenvalue weighted by atomic mass is 19.3. The van der Waals surface area contributed by atoms with Gasteiger partial charge in [0.05, 0.1) is 5.52 Å². The molecule has 4 heterocycles. The monoisotopic (exact) mass is 560 g/mol. The number of hydrogen-bond acceptors (Lipinski definition) is 5. The smallest absolute Gasteiger partial charge is 0.276 e. The molecule has 2 aliphatic heterocycles. The molecule has 2 N–H and O–H groups in total. The van der Waals surface area contributed by atoms with Crippen molar-refractivity contribution in [2.75, 3.05) is 26.2 Å². The van der Waals surface area contributed by atoms with Gasteiger partial charge in [-0.15, -0.1) is 0 Å². The number of alkyl halides is 2. The highest BCUT2D eigenvalue weighted by Gasteiger charge is 2.33. The van der Waals surface area contributed by atoms with Gasteiger partial charge in [-0.25, -0.2) is 8.78 Å². The molecular formula is C31H34F2N6O2. The van der Waals surface area contributed by atoms with Gasteiger partial charge in [0.2, 0.25) is 0 Å². The second-order valence-electron chi connectivity index (χ2n) is 10.6. The first-order valence-corrected chi connectivity index (χ1v) is 13.9. The van der Waals surface area contributed by atoms with Crippen LogP contribution in [0.25, 0.3) is 22.0 Å². The third kappa shape index (κ3) is 6.77. The number of rotatable bonds is 8. The van der Waals surface area contributed by atoms with Crippen LogP contribution in [-0.2, 0) is 11.3 Å². The maximum absolute atomic E-state index is 13.5. The zero-order chi connectivity index (χ0) is 29.0. The van der Waals surface area contributed by atoms with Crippen molar-refractivity contribution in [3.63, 3.8) is 0 Å². The molecule has 0 spiro atoms. The molecule has 0 atom stereocenters. The number of halogens is 2. The van der Waals surface area contributed by atoms with Crippen molar-refractivity contribution in [2.45, 2.75) is 45.1 Å². The Bertz CT molecular complexity index is 1510. The molecule has 3 aromatic rings. The van der Waals surface area contributed by atoms with Crippen molar-refractivity contribution in [2.24, 2.45) is 0 Å². The predicted octanol–water partition coefficient (Wildman–Crippen LogP) is 5.22. The Morgan fingerprint density at radius 1 is 1.07 bits per heavy atom. The number of piperidine rings is 1. The second-order valence-corrected chi connectivity index (χ2v) is 10.6. The molecule has 10 heteroatoms. The number of aromatic amines is 1. The second kappa shape index (κ2) is 12.1. The molecule has 1 aromatic carbocycles. The Morgan fingerprint density at radius 3 is 2.56 bits per heavy atom. The number of nitrogens with one attached hydrogen (secondary N) is 2. The summed E-state index contributed by atoms with van der Waals surface area (Å²) >= 11 is 0. The zero-order valence-electron chi connectivity index (χ0n) is 23.1. The van der Waals surface area contributed by atoms with Crippen molar-refractivity contribution in [1.29, 1.82) is 0 Å². The summed E-state index contributed by atoms with van der Waals surface area (Å²) in [5, 5.41) is 10.7. The Labute approximate surface area is 237 Å². The topological polar surface area (TPSA) is 94.2 Å². The Balaban J connectivity index is 1.28. The quantitative estimate of drug-likeness (QED) is 0.291. The molecule has 0 bridgehead atoms. The van der Waals surface area contributed by atoms with Crippen molar-refractivity contribution < 1.29 is 18.4 Å². The maximum Gasteiger partial charge on any atom is 0.276 e. The number of fused-ring (bicyclic) bond motifs is 1. The molecule has 0 radical (unpaired) electrons. The minimum atomic E-state index is -2.58. The van der Waals surface area contributed by atoms with Gasteiger partial charge in [0.25, 0.3) is 17.7 Å². The lowest BCUT2D eigenvalue weighted by Crippen LogP contribution is -2.38. The number of benzene rings is 1. The Morgan fingerprint density at radius 2 is 1.83 bits per heavy atom. The predicted molar refractivity (Wildman–Crippen MR) is 154 cm³/mol. The van der Waals surface area contributed by atoms with Gasteiger partial charge in [0.15, 0.2) is 5.69 Å². The first kappa shape index (κ1) is 28.4. The van der Waals surface area contributed by atoms with Gasteiger partial charge < -0.3 is 10.2 Å². The van der Waals surface area contributed by atoms with E-state index in [1.807, 2.05) is 29.2 Å². The van der Waals surface area contributed by atoms with Crippen LogP contribution >= 0.6 is 0 Å². The maximum atomic E-state index is 13.5. The van der Waals surface area contributed by atoms with Crippen LogP contribution in [-0.4, -0.2) is 68.9 Å². The number of aromatic nitrogens is 3. The van der Waals surface area contributed by atoms with Crippen LogP contribution in [0.5, 0.6) is 0 Å². The lowest BCUT2D eigenvalue weighted by molar-refractivity contribution is -0.125. The number of amides is 2. The first-order chi connectivity index (χ1) is 19.7. The van der Waals surface area contributed by atoms with Crippen molar-refractivity contribution in [1.82, 2.24) is 30.3 Å². The van der Waals surface area contributed by atoms with Gasteiger partial charge in [-0.2, -0.15) is 5.10 Å². The van der Waals surface area contributed by atoms with E-state index in [9.17, 15) is 18.4 Å². The standard InChI is InChI=1S/C31H34F2N6O2/c1-3-25(8-6-21(2)30(41)39-12-4-5-13-39)35-29(40)28-26-17-23(7-9-27(26)36-37-28)24-16-22(18-34-19-24)20-38-14-10-31(32,33)11-15-38/h3,6-9,16-19H,2,4-5,10-15,20H2,1H3,(H,35,40)(H,36,37)/b8-6-,25-3+. The third-order valence-corrected chi connectivity index (χ3v) is 7.60. The van der Waals surface area contributed by atoms with Crippen LogP contribution in [0.2, 0.25) is 0 Å². The number of allylic oxidation sites excluding steroid dienone is 2. The van der Waals surface area contributed by atoms with Gasteiger partial charge in [0, 0.05) is 80.2 Å². The third-order valence-electron chi connectivity index (χ3n) is 7.60. The number of H-pyrrole nitrogens is 1. The fourth-order valence-corrected chi connectivity index (χ4v) is 5.18. The van der Waals surface area contributed by atoms with Crippen LogP contribution < -0.4 is 5.32 Å². The molecule has 0 aliphatic carbocycles. The molecule has 2 fully saturated rings. The summed E-state index contributed by atoms with van der Waals surface area (Å²) in [6.45, 7) is 8.42. The number of pyridine rings is 1. The SMILES string of the molecule is C=C(/C=C\C(=C/C)NC(=O)c1n[nH]c2ccc(-c3cncc(CN4CCC(F)(F)CC4)c3)cc12)C(=O)N1CCCC1. The highest BCUT2D eigenvalue weighted by molar-refractivity contribution is 6.06. The molecule has 2 saturated heterocycles. The van der Waals surface area contributed by atoms with Crippen LogP contribution in [0.3, 0.4) is 0 Å². The molecular weight excluding hydrogens is 526 g/mol. The molecule has 41 heavy (non-hydrogen) atoms. The minimum Gasteiger partial charge on any atom is -0.339 e. The van der Waals surface area contributed by atoms with Crippen LogP contribution in [0.15, 0.2) is 72.7 Å². The average Bonchev–Trinajstić information content (AvgIpc) is 3.66. The summed E-state index contributed by atoms with van der Waals surface area (Å²) in [6.07, 6.45) is 10.3. The largest absolute Gasteiger partial charge is 0.339 e. The summed E-state index contributed by atoms with van der Waals surface area (Å²) in [5.74, 6) is -3.07. The minimum absolute atomic E-state index is 0.0950.